The number of nitrogens with zero attached hydrogens (tertiary/aromatic N) is 2. The van der Waals surface area contributed by atoms with Gasteiger partial charge in [0.05, 0.1) is 20.8 Å². The molecule has 0 spiro atoms. The van der Waals surface area contributed by atoms with E-state index in [4.69, 9.17) is 9.47 Å². The topological polar surface area (TPSA) is 63.7 Å². The molecule has 1 N–H and O–H groups in total. The predicted octanol–water partition coefficient (Wildman–Crippen LogP) is 3.95. The Balaban J connectivity index is 1.52. The lowest BCUT2D eigenvalue weighted by molar-refractivity contribution is -0.123. The van der Waals surface area contributed by atoms with Crippen LogP contribution in [0.2, 0.25) is 0 Å². The van der Waals surface area contributed by atoms with Gasteiger partial charge >= 0.3 is 0 Å². The monoisotopic (exact) mass is 445 g/mol. The van der Waals surface area contributed by atoms with Gasteiger partial charge in [-0.3, -0.25) is 14.7 Å². The van der Waals surface area contributed by atoms with Crippen molar-refractivity contribution in [2.75, 3.05) is 27.3 Å². The van der Waals surface area contributed by atoms with Crippen LogP contribution in [-0.4, -0.2) is 43.1 Å². The lowest BCUT2D eigenvalue weighted by atomic mass is 9.88. The van der Waals surface area contributed by atoms with Crippen LogP contribution in [0.25, 0.3) is 0 Å². The molecular formula is C27H31N3O3. The van der Waals surface area contributed by atoms with E-state index in [9.17, 15) is 4.79 Å². The molecule has 0 fully saturated rings. The molecule has 1 aliphatic rings. The first-order valence-electron chi connectivity index (χ1n) is 11.4. The second-order valence-corrected chi connectivity index (χ2v) is 8.30. The molecule has 0 aliphatic carbocycles. The van der Waals surface area contributed by atoms with Gasteiger partial charge < -0.3 is 14.8 Å². The summed E-state index contributed by atoms with van der Waals surface area (Å²) in [4.78, 5) is 19.2. The number of aromatic nitrogens is 1. The van der Waals surface area contributed by atoms with Crippen LogP contribution >= 0.6 is 0 Å². The standard InChI is InChI=1S/C27H31N3O3/c1-32-25-15-22-12-14-30(19-27(31)29-18-21-9-6-13-28-17-21)24(23(22)16-26(25)33-2)11-10-20-7-4-3-5-8-20/h3-9,13,15-17,24H,10-12,14,18-19H2,1-2H3,(H,29,31). The summed E-state index contributed by atoms with van der Waals surface area (Å²) < 4.78 is 11.1. The van der Waals surface area contributed by atoms with Crippen molar-refractivity contribution < 1.29 is 14.3 Å². The van der Waals surface area contributed by atoms with E-state index < -0.39 is 0 Å². The zero-order valence-corrected chi connectivity index (χ0v) is 19.3. The van der Waals surface area contributed by atoms with Gasteiger partial charge in [-0.2, -0.15) is 0 Å². The Bertz CT molecular complexity index is 1060. The lowest BCUT2D eigenvalue weighted by Gasteiger charge is -2.37. The number of benzene rings is 2. The molecule has 6 nitrogen and oxygen atoms in total. The maximum absolute atomic E-state index is 12.8. The maximum Gasteiger partial charge on any atom is 0.234 e. The van der Waals surface area contributed by atoms with E-state index in [-0.39, 0.29) is 11.9 Å². The molecule has 0 saturated carbocycles. The van der Waals surface area contributed by atoms with E-state index in [1.807, 2.05) is 18.2 Å². The molecule has 1 amide bonds. The first kappa shape index (κ1) is 22.8. The number of methoxy groups -OCH3 is 2. The van der Waals surface area contributed by atoms with Gasteiger partial charge in [0.15, 0.2) is 11.5 Å². The van der Waals surface area contributed by atoms with E-state index >= 15 is 0 Å². The fraction of sp³-hybridized carbons (Fsp3) is 0.333. The summed E-state index contributed by atoms with van der Waals surface area (Å²) in [6.07, 6.45) is 6.24. The van der Waals surface area contributed by atoms with E-state index in [2.05, 4.69) is 51.6 Å². The Kier molecular flexibility index (Phi) is 7.58. The fourth-order valence-corrected chi connectivity index (χ4v) is 4.50. The summed E-state index contributed by atoms with van der Waals surface area (Å²) in [5.74, 6) is 1.50. The molecule has 0 radical (unpaired) electrons. The number of amides is 1. The summed E-state index contributed by atoms with van der Waals surface area (Å²) in [7, 11) is 3.33. The molecule has 0 saturated heterocycles. The Morgan fingerprint density at radius 1 is 1.06 bits per heavy atom. The molecule has 172 valence electrons. The SMILES string of the molecule is COc1cc2c(cc1OC)C(CCc1ccccc1)N(CC(=O)NCc1cccnc1)CC2. The van der Waals surface area contributed by atoms with E-state index in [0.29, 0.717) is 13.1 Å². The minimum absolute atomic E-state index is 0.0208. The average Bonchev–Trinajstić information content (AvgIpc) is 2.87. The third kappa shape index (κ3) is 5.71. The van der Waals surface area contributed by atoms with Gasteiger partial charge in [0.1, 0.15) is 0 Å². The lowest BCUT2D eigenvalue weighted by Crippen LogP contribution is -2.42. The van der Waals surface area contributed by atoms with Crippen molar-refractivity contribution in [3.63, 3.8) is 0 Å². The second-order valence-electron chi connectivity index (χ2n) is 8.30. The Hall–Kier alpha value is -3.38. The van der Waals surface area contributed by atoms with Crippen LogP contribution in [0.15, 0.2) is 67.0 Å². The van der Waals surface area contributed by atoms with Crippen LogP contribution in [0.5, 0.6) is 11.5 Å². The van der Waals surface area contributed by atoms with E-state index in [0.717, 1.165) is 42.9 Å². The van der Waals surface area contributed by atoms with Crippen LogP contribution in [0.4, 0.5) is 0 Å². The first-order valence-corrected chi connectivity index (χ1v) is 11.4. The largest absolute Gasteiger partial charge is 0.493 e. The van der Waals surface area contributed by atoms with Crippen molar-refractivity contribution in [2.45, 2.75) is 31.8 Å². The van der Waals surface area contributed by atoms with Crippen LogP contribution in [0.1, 0.15) is 34.7 Å². The molecule has 6 heteroatoms. The molecule has 3 aromatic rings. The number of carbonyl (C=O) groups is 1. The highest BCUT2D eigenvalue weighted by atomic mass is 16.5. The second kappa shape index (κ2) is 11.0. The third-order valence-corrected chi connectivity index (χ3v) is 6.22. The molecule has 1 unspecified atom stereocenters. The number of ether oxygens (including phenoxy) is 2. The molecule has 0 bridgehead atoms. The Labute approximate surface area is 195 Å². The van der Waals surface area contributed by atoms with Crippen molar-refractivity contribution in [3.8, 4) is 11.5 Å². The van der Waals surface area contributed by atoms with Crippen molar-refractivity contribution in [1.82, 2.24) is 15.2 Å². The molecule has 2 heterocycles. The normalized spacial score (nSPS) is 15.5. The summed E-state index contributed by atoms with van der Waals surface area (Å²) in [6.45, 7) is 1.66. The van der Waals surface area contributed by atoms with Crippen LogP contribution in [0, 0.1) is 0 Å². The Morgan fingerprint density at radius 2 is 1.82 bits per heavy atom. The van der Waals surface area contributed by atoms with E-state index in [1.54, 1.807) is 26.6 Å². The molecule has 4 rings (SSSR count). The van der Waals surface area contributed by atoms with Gasteiger partial charge in [0.25, 0.3) is 0 Å². The number of hydrogen-bond acceptors (Lipinski definition) is 5. The van der Waals surface area contributed by atoms with Gasteiger partial charge in [0, 0.05) is 31.5 Å². The summed E-state index contributed by atoms with van der Waals surface area (Å²) in [6, 6.07) is 18.6. The summed E-state index contributed by atoms with van der Waals surface area (Å²) in [5, 5.41) is 3.04. The number of hydrogen-bond donors (Lipinski definition) is 1. The minimum Gasteiger partial charge on any atom is -0.493 e. The minimum atomic E-state index is 0.0208. The third-order valence-electron chi connectivity index (χ3n) is 6.22. The first-order chi connectivity index (χ1) is 16.2. The quantitative estimate of drug-likeness (QED) is 0.540. The van der Waals surface area contributed by atoms with Crippen molar-refractivity contribution >= 4 is 5.91 Å². The molecule has 2 aromatic carbocycles. The van der Waals surface area contributed by atoms with Crippen LogP contribution in [-0.2, 0) is 24.2 Å². The van der Waals surface area contributed by atoms with Crippen molar-refractivity contribution in [1.29, 1.82) is 0 Å². The molecule has 1 atom stereocenters. The maximum atomic E-state index is 12.8. The molecular weight excluding hydrogens is 414 g/mol. The molecule has 1 aliphatic heterocycles. The van der Waals surface area contributed by atoms with Gasteiger partial charge in [0.2, 0.25) is 5.91 Å². The van der Waals surface area contributed by atoms with Crippen LogP contribution < -0.4 is 14.8 Å². The van der Waals surface area contributed by atoms with Crippen molar-refractivity contribution in [3.05, 3.63) is 89.2 Å². The number of rotatable bonds is 9. The summed E-state index contributed by atoms with van der Waals surface area (Å²) in [5.41, 5.74) is 4.77. The number of aryl methyl sites for hydroxylation is 1. The number of carbonyl (C=O) groups excluding carboxylic acids is 1. The number of fused-ring (bicyclic) bond motifs is 1. The van der Waals surface area contributed by atoms with Gasteiger partial charge in [-0.25, -0.2) is 0 Å². The zero-order valence-electron chi connectivity index (χ0n) is 19.3. The van der Waals surface area contributed by atoms with Crippen molar-refractivity contribution in [2.24, 2.45) is 0 Å². The smallest absolute Gasteiger partial charge is 0.234 e. The summed E-state index contributed by atoms with van der Waals surface area (Å²) >= 11 is 0. The van der Waals surface area contributed by atoms with Crippen LogP contribution in [0.3, 0.4) is 0 Å². The highest BCUT2D eigenvalue weighted by Gasteiger charge is 2.30. The molecule has 1 aromatic heterocycles. The predicted molar refractivity (Wildman–Crippen MR) is 128 cm³/mol. The van der Waals surface area contributed by atoms with Gasteiger partial charge in [-0.05, 0) is 59.7 Å². The number of pyridine rings is 1. The van der Waals surface area contributed by atoms with Gasteiger partial charge in [-0.1, -0.05) is 36.4 Å². The van der Waals surface area contributed by atoms with E-state index in [1.165, 1.54) is 16.7 Å². The fourth-order valence-electron chi connectivity index (χ4n) is 4.50. The molecule has 33 heavy (non-hydrogen) atoms. The highest BCUT2D eigenvalue weighted by molar-refractivity contribution is 5.78. The van der Waals surface area contributed by atoms with Gasteiger partial charge in [-0.15, -0.1) is 0 Å². The average molecular weight is 446 g/mol. The number of nitrogens with one attached hydrogen (secondary N) is 1. The Morgan fingerprint density at radius 3 is 2.55 bits per heavy atom. The zero-order chi connectivity index (χ0) is 23.0. The highest BCUT2D eigenvalue weighted by Crippen LogP contribution is 2.39.